The SMILES string of the molecule is CC(C)C1CC(c2ccccc2)(c2cc(OCc3ccc4cc(F)ccc4n3)ccc2O)C1. The molecule has 0 unspecified atom stereocenters. The normalized spacial score (nSPS) is 20.1. The molecular weight excluding hydrogens is 413 g/mol. The third kappa shape index (κ3) is 4.06. The van der Waals surface area contributed by atoms with E-state index in [9.17, 15) is 9.50 Å². The van der Waals surface area contributed by atoms with E-state index >= 15 is 0 Å². The van der Waals surface area contributed by atoms with Crippen molar-refractivity contribution < 1.29 is 14.2 Å². The molecule has 1 fully saturated rings. The summed E-state index contributed by atoms with van der Waals surface area (Å²) in [5.74, 6) is 1.97. The van der Waals surface area contributed by atoms with Gasteiger partial charge in [-0.1, -0.05) is 50.2 Å². The van der Waals surface area contributed by atoms with Crippen LogP contribution in [0.5, 0.6) is 11.5 Å². The van der Waals surface area contributed by atoms with Crippen molar-refractivity contribution in [1.29, 1.82) is 0 Å². The quantitative estimate of drug-likeness (QED) is 0.350. The predicted molar refractivity (Wildman–Crippen MR) is 129 cm³/mol. The summed E-state index contributed by atoms with van der Waals surface area (Å²) >= 11 is 0. The van der Waals surface area contributed by atoms with Gasteiger partial charge in [0.25, 0.3) is 0 Å². The molecule has 1 saturated carbocycles. The lowest BCUT2D eigenvalue weighted by atomic mass is 9.53. The van der Waals surface area contributed by atoms with E-state index in [2.05, 4.69) is 43.1 Å². The molecule has 3 aromatic carbocycles. The number of fused-ring (bicyclic) bond motifs is 1. The molecule has 1 aliphatic carbocycles. The Kier molecular flexibility index (Phi) is 5.53. The summed E-state index contributed by atoms with van der Waals surface area (Å²) in [5.41, 5.74) is 3.46. The molecule has 4 aromatic rings. The standard InChI is InChI=1S/C29H28FNO2/c1-19(2)21-16-29(17-21,22-6-4-3-5-7-22)26-15-25(11-13-28(26)32)33-18-24-10-8-20-14-23(30)9-12-27(20)31-24/h3-15,19,21,32H,16-18H2,1-2H3. The summed E-state index contributed by atoms with van der Waals surface area (Å²) < 4.78 is 19.5. The molecular formula is C29H28FNO2. The maximum absolute atomic E-state index is 13.4. The van der Waals surface area contributed by atoms with Crippen LogP contribution in [0.3, 0.4) is 0 Å². The Morgan fingerprint density at radius 1 is 1.00 bits per heavy atom. The maximum atomic E-state index is 13.4. The Balaban J connectivity index is 1.42. The third-order valence-electron chi connectivity index (χ3n) is 7.07. The summed E-state index contributed by atoms with van der Waals surface area (Å²) in [6.45, 7) is 4.83. The minimum absolute atomic E-state index is 0.203. The molecule has 0 aliphatic heterocycles. The summed E-state index contributed by atoms with van der Waals surface area (Å²) in [4.78, 5) is 4.58. The number of halogens is 1. The van der Waals surface area contributed by atoms with E-state index < -0.39 is 0 Å². The number of hydrogen-bond acceptors (Lipinski definition) is 3. The number of benzene rings is 3. The number of aromatic nitrogens is 1. The molecule has 4 heteroatoms. The molecule has 1 aromatic heterocycles. The van der Waals surface area contributed by atoms with Crippen LogP contribution in [0.1, 0.15) is 43.5 Å². The van der Waals surface area contributed by atoms with Crippen LogP contribution in [0.4, 0.5) is 4.39 Å². The highest BCUT2D eigenvalue weighted by Gasteiger charge is 2.49. The van der Waals surface area contributed by atoms with Crippen LogP contribution in [0.15, 0.2) is 78.9 Å². The van der Waals surface area contributed by atoms with Gasteiger partial charge in [-0.3, -0.25) is 0 Å². The van der Waals surface area contributed by atoms with Crippen molar-refractivity contribution in [3.63, 3.8) is 0 Å². The summed E-state index contributed by atoms with van der Waals surface area (Å²) in [6, 6.07) is 24.3. The highest BCUT2D eigenvalue weighted by Crippen LogP contribution is 2.57. The van der Waals surface area contributed by atoms with Gasteiger partial charge < -0.3 is 9.84 Å². The summed E-state index contributed by atoms with van der Waals surface area (Å²) in [6.07, 6.45) is 2.02. The zero-order valence-electron chi connectivity index (χ0n) is 19.0. The van der Waals surface area contributed by atoms with E-state index in [0.29, 0.717) is 29.9 Å². The first-order valence-corrected chi connectivity index (χ1v) is 11.5. The smallest absolute Gasteiger partial charge is 0.130 e. The van der Waals surface area contributed by atoms with Gasteiger partial charge in [0.1, 0.15) is 23.9 Å². The van der Waals surface area contributed by atoms with Gasteiger partial charge in [-0.05, 0) is 72.7 Å². The Morgan fingerprint density at radius 3 is 2.55 bits per heavy atom. The van der Waals surface area contributed by atoms with Crippen molar-refractivity contribution in [3.05, 3.63) is 102 Å². The van der Waals surface area contributed by atoms with Crippen LogP contribution in [0.25, 0.3) is 10.9 Å². The molecule has 0 spiro atoms. The molecule has 3 nitrogen and oxygen atoms in total. The van der Waals surface area contributed by atoms with E-state index in [-0.39, 0.29) is 11.2 Å². The van der Waals surface area contributed by atoms with Crippen molar-refractivity contribution in [2.45, 2.75) is 38.7 Å². The minimum atomic E-state index is -0.270. The van der Waals surface area contributed by atoms with Gasteiger partial charge in [0.15, 0.2) is 0 Å². The van der Waals surface area contributed by atoms with Crippen LogP contribution in [-0.2, 0) is 12.0 Å². The number of phenolic OH excluding ortho intramolecular Hbond substituents is 1. The Labute approximate surface area is 193 Å². The van der Waals surface area contributed by atoms with Gasteiger partial charge in [-0.2, -0.15) is 0 Å². The van der Waals surface area contributed by atoms with Crippen LogP contribution in [-0.4, -0.2) is 10.1 Å². The second-order valence-electron chi connectivity index (χ2n) is 9.47. The van der Waals surface area contributed by atoms with Gasteiger partial charge in [-0.15, -0.1) is 0 Å². The fourth-order valence-corrected chi connectivity index (χ4v) is 5.04. The zero-order chi connectivity index (χ0) is 23.0. The molecule has 33 heavy (non-hydrogen) atoms. The van der Waals surface area contributed by atoms with Crippen LogP contribution in [0, 0.1) is 17.7 Å². The lowest BCUT2D eigenvalue weighted by Crippen LogP contribution is -2.44. The zero-order valence-corrected chi connectivity index (χ0v) is 19.0. The Bertz CT molecular complexity index is 1280. The molecule has 0 atom stereocenters. The summed E-state index contributed by atoms with van der Waals surface area (Å²) in [5, 5.41) is 11.6. The number of ether oxygens (including phenoxy) is 1. The first kappa shape index (κ1) is 21.4. The molecule has 168 valence electrons. The highest BCUT2D eigenvalue weighted by molar-refractivity contribution is 5.78. The number of hydrogen-bond donors (Lipinski definition) is 1. The van der Waals surface area contributed by atoms with Crippen molar-refractivity contribution in [2.24, 2.45) is 11.8 Å². The average molecular weight is 442 g/mol. The largest absolute Gasteiger partial charge is 0.508 e. The molecule has 0 radical (unpaired) electrons. The predicted octanol–water partition coefficient (Wildman–Crippen LogP) is 7.01. The summed E-state index contributed by atoms with van der Waals surface area (Å²) in [7, 11) is 0. The number of phenols is 1. The fraction of sp³-hybridized carbons (Fsp3) is 0.276. The van der Waals surface area contributed by atoms with E-state index in [1.807, 2.05) is 24.3 Å². The first-order chi connectivity index (χ1) is 15.9. The second-order valence-corrected chi connectivity index (χ2v) is 9.47. The Morgan fingerprint density at radius 2 is 1.79 bits per heavy atom. The molecule has 5 rings (SSSR count). The second kappa shape index (κ2) is 8.51. The van der Waals surface area contributed by atoms with E-state index in [4.69, 9.17) is 4.74 Å². The van der Waals surface area contributed by atoms with Gasteiger partial charge in [0, 0.05) is 16.4 Å². The first-order valence-electron chi connectivity index (χ1n) is 11.5. The van der Waals surface area contributed by atoms with Crippen molar-refractivity contribution in [2.75, 3.05) is 0 Å². The number of pyridine rings is 1. The Hall–Kier alpha value is -3.40. The lowest BCUT2D eigenvalue weighted by molar-refractivity contribution is 0.129. The minimum Gasteiger partial charge on any atom is -0.508 e. The lowest BCUT2D eigenvalue weighted by Gasteiger charge is -2.50. The average Bonchev–Trinajstić information content (AvgIpc) is 2.79. The van der Waals surface area contributed by atoms with Crippen molar-refractivity contribution >= 4 is 10.9 Å². The van der Waals surface area contributed by atoms with Gasteiger partial charge in [-0.25, -0.2) is 9.37 Å². The van der Waals surface area contributed by atoms with Crippen LogP contribution in [0.2, 0.25) is 0 Å². The number of nitrogens with zero attached hydrogens (tertiary/aromatic N) is 1. The van der Waals surface area contributed by atoms with Crippen molar-refractivity contribution in [1.82, 2.24) is 4.98 Å². The third-order valence-corrected chi connectivity index (χ3v) is 7.07. The van der Waals surface area contributed by atoms with Gasteiger partial charge in [0.05, 0.1) is 11.2 Å². The molecule has 0 bridgehead atoms. The maximum Gasteiger partial charge on any atom is 0.130 e. The molecule has 0 amide bonds. The highest BCUT2D eigenvalue weighted by atomic mass is 19.1. The topological polar surface area (TPSA) is 42.4 Å². The molecule has 1 N–H and O–H groups in total. The van der Waals surface area contributed by atoms with E-state index in [1.54, 1.807) is 18.2 Å². The van der Waals surface area contributed by atoms with Crippen LogP contribution < -0.4 is 4.74 Å². The van der Waals surface area contributed by atoms with E-state index in [0.717, 1.165) is 35.0 Å². The van der Waals surface area contributed by atoms with Crippen molar-refractivity contribution in [3.8, 4) is 11.5 Å². The van der Waals surface area contributed by atoms with Gasteiger partial charge >= 0.3 is 0 Å². The fourth-order valence-electron chi connectivity index (χ4n) is 5.04. The molecule has 1 aliphatic rings. The van der Waals surface area contributed by atoms with E-state index in [1.165, 1.54) is 17.7 Å². The monoisotopic (exact) mass is 441 g/mol. The molecule has 0 saturated heterocycles. The number of aromatic hydroxyl groups is 1. The molecule has 1 heterocycles. The van der Waals surface area contributed by atoms with Crippen LogP contribution >= 0.6 is 0 Å². The number of rotatable bonds is 6. The van der Waals surface area contributed by atoms with Gasteiger partial charge in [0.2, 0.25) is 0 Å².